The number of hydrogen-bond donors (Lipinski definition) is 3. The summed E-state index contributed by atoms with van der Waals surface area (Å²) in [7, 11) is 0. The fourth-order valence-corrected chi connectivity index (χ4v) is 5.86. The molecule has 0 unspecified atom stereocenters. The minimum absolute atomic E-state index is 0.205. The lowest BCUT2D eigenvalue weighted by Gasteiger charge is -2.09. The second kappa shape index (κ2) is 15.8. The van der Waals surface area contributed by atoms with E-state index in [2.05, 4.69) is 26.0 Å². The minimum Gasteiger partial charge on any atom is -0.487 e. The Balaban J connectivity index is 0.985. The van der Waals surface area contributed by atoms with Gasteiger partial charge in [-0.3, -0.25) is 9.59 Å². The number of para-hydroxylation sites is 2. The Bertz CT molecular complexity index is 2480. The topological polar surface area (TPSA) is 143 Å². The average molecular weight is 702 g/mol. The van der Waals surface area contributed by atoms with E-state index in [1.165, 1.54) is 12.4 Å². The molecule has 11 heteroatoms. The number of aromatic amines is 1. The van der Waals surface area contributed by atoms with Gasteiger partial charge in [0.1, 0.15) is 41.4 Å². The van der Waals surface area contributed by atoms with Crippen molar-refractivity contribution in [2.24, 2.45) is 10.2 Å². The van der Waals surface area contributed by atoms with Gasteiger partial charge >= 0.3 is 0 Å². The van der Waals surface area contributed by atoms with Crippen LogP contribution < -0.4 is 20.3 Å². The predicted octanol–water partition coefficient (Wildman–Crippen LogP) is 7.41. The Morgan fingerprint density at radius 2 is 1.11 bits per heavy atom. The second-order valence-corrected chi connectivity index (χ2v) is 12.2. The Morgan fingerprint density at radius 3 is 1.62 bits per heavy atom. The molecule has 3 heterocycles. The molecule has 0 saturated heterocycles. The first-order chi connectivity index (χ1) is 25.9. The van der Waals surface area contributed by atoms with Crippen molar-refractivity contribution in [2.45, 2.75) is 27.1 Å². The molecule has 0 saturated carbocycles. The summed E-state index contributed by atoms with van der Waals surface area (Å²) in [4.78, 5) is 38.7. The highest BCUT2D eigenvalue weighted by molar-refractivity contribution is 6.03. The molecule has 0 fully saturated rings. The molecular weight excluding hydrogens is 667 g/mol. The van der Waals surface area contributed by atoms with Crippen LogP contribution in [-0.2, 0) is 13.2 Å². The van der Waals surface area contributed by atoms with Crippen molar-refractivity contribution in [3.05, 3.63) is 166 Å². The largest absolute Gasteiger partial charge is 0.487 e. The number of rotatable bonds is 12. The first-order valence-electron chi connectivity index (χ1n) is 16.9. The normalized spacial score (nSPS) is 11.4. The monoisotopic (exact) mass is 701 g/mol. The van der Waals surface area contributed by atoms with E-state index in [0.29, 0.717) is 64.0 Å². The maximum absolute atomic E-state index is 13.2. The van der Waals surface area contributed by atoms with E-state index in [0.717, 1.165) is 21.9 Å². The van der Waals surface area contributed by atoms with Gasteiger partial charge in [0.2, 0.25) is 0 Å². The lowest BCUT2D eigenvalue weighted by atomic mass is 10.1. The van der Waals surface area contributed by atoms with E-state index in [1.807, 2.05) is 109 Å². The number of nitrogens with zero attached hydrogens (tertiary/aromatic N) is 4. The fourth-order valence-electron chi connectivity index (χ4n) is 5.86. The maximum atomic E-state index is 13.2. The zero-order valence-corrected chi connectivity index (χ0v) is 29.0. The van der Waals surface area contributed by atoms with Crippen LogP contribution in [0.15, 0.2) is 132 Å². The standard InChI is InChI=1S/C42H35N7O4/c1-27-37(41(50)48-43-23-33-21-19-31-15-9-17-35(39(31)46-33)52-25-29-11-5-3-6-12-29)28(2)45-38(27)42(51)49-44-24-34-22-20-32-16-10-18-36(40(32)47-34)53-26-30-13-7-4-8-14-30/h3-24,45H,25-26H2,1-2H3,(H,48,50)(H,49,51)/b43-23+,44-24+. The van der Waals surface area contributed by atoms with Crippen LogP contribution in [0.5, 0.6) is 11.5 Å². The predicted molar refractivity (Wildman–Crippen MR) is 205 cm³/mol. The molecule has 3 N–H and O–H groups in total. The molecule has 3 aromatic heterocycles. The second-order valence-electron chi connectivity index (χ2n) is 12.2. The van der Waals surface area contributed by atoms with Gasteiger partial charge < -0.3 is 14.5 Å². The van der Waals surface area contributed by atoms with Crippen molar-refractivity contribution in [2.75, 3.05) is 0 Å². The fraction of sp³-hybridized carbons (Fsp3) is 0.0952. The van der Waals surface area contributed by atoms with Crippen LogP contribution >= 0.6 is 0 Å². The van der Waals surface area contributed by atoms with Crippen LogP contribution in [0.25, 0.3) is 21.8 Å². The molecular formula is C42H35N7O4. The molecule has 0 radical (unpaired) electrons. The van der Waals surface area contributed by atoms with Gasteiger partial charge in [-0.15, -0.1) is 0 Å². The van der Waals surface area contributed by atoms with Crippen LogP contribution in [0.2, 0.25) is 0 Å². The average Bonchev–Trinajstić information content (AvgIpc) is 3.50. The summed E-state index contributed by atoms with van der Waals surface area (Å²) in [6.45, 7) is 4.21. The molecule has 0 aliphatic rings. The number of ether oxygens (including phenoxy) is 2. The molecule has 7 rings (SSSR count). The Kier molecular flexibility index (Phi) is 10.2. The van der Waals surface area contributed by atoms with Crippen molar-refractivity contribution in [3.8, 4) is 11.5 Å². The summed E-state index contributed by atoms with van der Waals surface area (Å²) in [6.07, 6.45) is 2.92. The molecule has 2 amide bonds. The van der Waals surface area contributed by atoms with Crippen molar-refractivity contribution in [1.29, 1.82) is 0 Å². The highest BCUT2D eigenvalue weighted by Gasteiger charge is 2.22. The van der Waals surface area contributed by atoms with Crippen molar-refractivity contribution >= 4 is 46.0 Å². The smallest absolute Gasteiger partial charge is 0.288 e. The van der Waals surface area contributed by atoms with Gasteiger partial charge in [0.05, 0.1) is 29.4 Å². The van der Waals surface area contributed by atoms with Gasteiger partial charge in [0.15, 0.2) is 0 Å². The van der Waals surface area contributed by atoms with Gasteiger partial charge in [-0.25, -0.2) is 20.8 Å². The summed E-state index contributed by atoms with van der Waals surface area (Å²) >= 11 is 0. The number of amides is 2. The van der Waals surface area contributed by atoms with Crippen LogP contribution in [0.1, 0.15) is 54.6 Å². The number of nitrogens with one attached hydrogen (secondary N) is 3. The first kappa shape index (κ1) is 34.3. The number of fused-ring (bicyclic) bond motifs is 2. The van der Waals surface area contributed by atoms with Gasteiger partial charge in [0.25, 0.3) is 11.8 Å². The molecule has 0 spiro atoms. The number of carbonyl (C=O) groups excluding carboxylic acids is 2. The molecule has 0 aliphatic carbocycles. The molecule has 0 atom stereocenters. The van der Waals surface area contributed by atoms with E-state index >= 15 is 0 Å². The molecule has 0 aliphatic heterocycles. The van der Waals surface area contributed by atoms with Gasteiger partial charge in [-0.1, -0.05) is 97.1 Å². The lowest BCUT2D eigenvalue weighted by molar-refractivity contribution is 0.0948. The van der Waals surface area contributed by atoms with E-state index in [-0.39, 0.29) is 5.69 Å². The molecule has 11 nitrogen and oxygen atoms in total. The van der Waals surface area contributed by atoms with E-state index < -0.39 is 11.8 Å². The molecule has 4 aromatic carbocycles. The van der Waals surface area contributed by atoms with Gasteiger partial charge in [0, 0.05) is 16.5 Å². The first-order valence-corrected chi connectivity index (χ1v) is 16.9. The highest BCUT2D eigenvalue weighted by Crippen LogP contribution is 2.26. The zero-order valence-electron chi connectivity index (χ0n) is 29.0. The number of pyridine rings is 2. The van der Waals surface area contributed by atoms with E-state index in [9.17, 15) is 9.59 Å². The Hall–Kier alpha value is -7.14. The van der Waals surface area contributed by atoms with Gasteiger partial charge in [-0.2, -0.15) is 10.2 Å². The van der Waals surface area contributed by atoms with E-state index in [4.69, 9.17) is 19.4 Å². The third kappa shape index (κ3) is 8.10. The highest BCUT2D eigenvalue weighted by atomic mass is 16.5. The zero-order chi connectivity index (χ0) is 36.6. The van der Waals surface area contributed by atoms with Crippen LogP contribution in [-0.4, -0.2) is 39.2 Å². The Labute approximate surface area is 305 Å². The Morgan fingerprint density at radius 1 is 0.623 bits per heavy atom. The lowest BCUT2D eigenvalue weighted by Crippen LogP contribution is -2.21. The summed E-state index contributed by atoms with van der Waals surface area (Å²) in [5.74, 6) is 0.298. The molecule has 0 bridgehead atoms. The number of hydrogen-bond acceptors (Lipinski definition) is 8. The van der Waals surface area contributed by atoms with Crippen molar-refractivity contribution < 1.29 is 19.1 Å². The molecule has 262 valence electrons. The van der Waals surface area contributed by atoms with Crippen molar-refractivity contribution in [1.82, 2.24) is 25.8 Å². The van der Waals surface area contributed by atoms with Crippen molar-refractivity contribution in [3.63, 3.8) is 0 Å². The summed E-state index contributed by atoms with van der Waals surface area (Å²) in [6, 6.07) is 38.7. The number of aryl methyl sites for hydroxylation is 1. The number of H-pyrrole nitrogens is 1. The van der Waals surface area contributed by atoms with Gasteiger partial charge in [-0.05, 0) is 54.8 Å². The third-order valence-electron chi connectivity index (χ3n) is 8.50. The van der Waals surface area contributed by atoms with Crippen LogP contribution in [0.3, 0.4) is 0 Å². The van der Waals surface area contributed by atoms with Crippen LogP contribution in [0.4, 0.5) is 0 Å². The van der Waals surface area contributed by atoms with Crippen LogP contribution in [0, 0.1) is 13.8 Å². The number of carbonyl (C=O) groups is 2. The number of hydrazone groups is 2. The quantitative estimate of drug-likeness (QED) is 0.0895. The molecule has 7 aromatic rings. The van der Waals surface area contributed by atoms with E-state index in [1.54, 1.807) is 26.0 Å². The third-order valence-corrected chi connectivity index (χ3v) is 8.50. The maximum Gasteiger partial charge on any atom is 0.288 e. The SMILES string of the molecule is Cc1[nH]c(C(=O)N/N=C/c2ccc3cccc(OCc4ccccc4)c3n2)c(C)c1C(=O)N/N=C/c1ccc2cccc(OCc3ccccc3)c2n1. The summed E-state index contributed by atoms with van der Waals surface area (Å²) in [5.41, 5.74) is 11.1. The summed E-state index contributed by atoms with van der Waals surface area (Å²) < 4.78 is 12.1. The number of benzene rings is 4. The summed E-state index contributed by atoms with van der Waals surface area (Å²) in [5, 5.41) is 10.1. The molecule has 53 heavy (non-hydrogen) atoms. The number of aromatic nitrogens is 3. The minimum atomic E-state index is -0.511.